The van der Waals surface area contributed by atoms with Crippen molar-refractivity contribution >= 4 is 39.8 Å². The summed E-state index contributed by atoms with van der Waals surface area (Å²) < 4.78 is 0. The van der Waals surface area contributed by atoms with Crippen molar-refractivity contribution in [1.82, 2.24) is 9.80 Å². The highest BCUT2D eigenvalue weighted by Crippen LogP contribution is 2.40. The van der Waals surface area contributed by atoms with Crippen molar-refractivity contribution in [3.05, 3.63) is 44.3 Å². The summed E-state index contributed by atoms with van der Waals surface area (Å²) >= 11 is 3.32. The number of fused-ring (bicyclic) bond motifs is 2. The number of hydrogen-bond donors (Lipinski definition) is 0. The number of allylic oxidation sites excluding steroid dienone is 1. The molecule has 1 fully saturated rings. The molecule has 0 aliphatic carbocycles. The summed E-state index contributed by atoms with van der Waals surface area (Å²) in [5, 5.41) is 17.7. The molecule has 2 aromatic heterocycles. The molecular formula is C18H18N4S2. The highest BCUT2D eigenvalue weighted by molar-refractivity contribution is 7.09. The van der Waals surface area contributed by atoms with E-state index < -0.39 is 0 Å². The maximum absolute atomic E-state index is 9.24. The number of aliphatic imine (C=N–C) groups is 1. The summed E-state index contributed by atoms with van der Waals surface area (Å²) in [4.78, 5) is 9.81. The molecule has 0 N–H and O–H groups in total. The number of nitrogens with zero attached hydrogens (tertiary/aromatic N) is 4. The summed E-state index contributed by atoms with van der Waals surface area (Å²) in [6.07, 6.45) is 2.80. The van der Waals surface area contributed by atoms with Gasteiger partial charge in [-0.15, -0.1) is 11.3 Å². The first kappa shape index (κ1) is 15.6. The van der Waals surface area contributed by atoms with Gasteiger partial charge in [-0.3, -0.25) is 0 Å². The Kier molecular flexibility index (Phi) is 4.23. The largest absolute Gasteiger partial charge is 0.355 e. The van der Waals surface area contributed by atoms with E-state index in [1.807, 2.05) is 0 Å². The van der Waals surface area contributed by atoms with Gasteiger partial charge in [-0.1, -0.05) is 0 Å². The molecule has 0 spiro atoms. The highest BCUT2D eigenvalue weighted by Gasteiger charge is 2.26. The van der Waals surface area contributed by atoms with E-state index in [1.165, 1.54) is 0 Å². The van der Waals surface area contributed by atoms with Crippen LogP contribution in [0.4, 0.5) is 5.69 Å². The molecule has 6 heteroatoms. The molecule has 4 nitrogen and oxygen atoms in total. The Labute approximate surface area is 150 Å². The van der Waals surface area contributed by atoms with Gasteiger partial charge in [-0.05, 0) is 25.4 Å². The van der Waals surface area contributed by atoms with Gasteiger partial charge in [-0.25, -0.2) is 4.99 Å². The minimum atomic E-state index is 0.982. The standard InChI is InChI=1S/C18H18N4S2/c1-21-5-2-6-22(8-7-21)18-16-11-23-9-14(16)13(3-4-19)15-10-24-12-17(15)20-18/h3,9-12H,2,5-8H2,1H3/b13-3-. The van der Waals surface area contributed by atoms with Crippen molar-refractivity contribution in [2.75, 3.05) is 33.2 Å². The lowest BCUT2D eigenvalue weighted by atomic mass is 9.99. The molecule has 0 radical (unpaired) electrons. The number of amidine groups is 1. The third-order valence-electron chi connectivity index (χ3n) is 4.58. The van der Waals surface area contributed by atoms with Gasteiger partial charge in [0.2, 0.25) is 0 Å². The Balaban J connectivity index is 1.84. The molecule has 24 heavy (non-hydrogen) atoms. The van der Waals surface area contributed by atoms with E-state index in [2.05, 4.69) is 44.4 Å². The summed E-state index contributed by atoms with van der Waals surface area (Å²) in [5.41, 5.74) is 5.34. The Bertz CT molecular complexity index is 852. The predicted molar refractivity (Wildman–Crippen MR) is 101 cm³/mol. The Morgan fingerprint density at radius 2 is 1.83 bits per heavy atom. The molecule has 2 aromatic rings. The zero-order chi connectivity index (χ0) is 16.5. The quantitative estimate of drug-likeness (QED) is 0.676. The van der Waals surface area contributed by atoms with Crippen LogP contribution in [-0.4, -0.2) is 48.9 Å². The van der Waals surface area contributed by atoms with E-state index in [1.54, 1.807) is 28.7 Å². The smallest absolute Gasteiger partial charge is 0.138 e. The first-order valence-corrected chi connectivity index (χ1v) is 9.92. The maximum Gasteiger partial charge on any atom is 0.138 e. The van der Waals surface area contributed by atoms with Gasteiger partial charge in [0.05, 0.1) is 11.8 Å². The SMILES string of the molecule is CN1CCCN(C2=Nc3cscc3/C(=C\C#N)c3cscc32)CC1. The average molecular weight is 355 g/mol. The summed E-state index contributed by atoms with van der Waals surface area (Å²) in [6, 6.07) is 2.21. The molecule has 0 aromatic carbocycles. The van der Waals surface area contributed by atoms with Crippen molar-refractivity contribution in [3.63, 3.8) is 0 Å². The molecule has 0 saturated carbocycles. The van der Waals surface area contributed by atoms with Crippen molar-refractivity contribution in [1.29, 1.82) is 5.26 Å². The molecule has 4 heterocycles. The second kappa shape index (κ2) is 6.52. The first-order valence-electron chi connectivity index (χ1n) is 8.03. The molecule has 0 unspecified atom stereocenters. The lowest BCUT2D eigenvalue weighted by molar-refractivity contribution is 0.346. The molecule has 2 aliphatic rings. The van der Waals surface area contributed by atoms with Gasteiger partial charge >= 0.3 is 0 Å². The van der Waals surface area contributed by atoms with Crippen molar-refractivity contribution in [2.45, 2.75) is 6.42 Å². The van der Waals surface area contributed by atoms with E-state index >= 15 is 0 Å². The van der Waals surface area contributed by atoms with Crippen LogP contribution < -0.4 is 0 Å². The van der Waals surface area contributed by atoms with E-state index in [-0.39, 0.29) is 0 Å². The van der Waals surface area contributed by atoms with Crippen LogP contribution >= 0.6 is 22.7 Å². The average Bonchev–Trinajstić information content (AvgIpc) is 3.16. The fraction of sp³-hybridized carbons (Fsp3) is 0.333. The van der Waals surface area contributed by atoms with Crippen molar-refractivity contribution < 1.29 is 0 Å². The van der Waals surface area contributed by atoms with Crippen LogP contribution in [0.3, 0.4) is 0 Å². The molecule has 2 aliphatic heterocycles. The van der Waals surface area contributed by atoms with E-state index in [4.69, 9.17) is 4.99 Å². The first-order chi connectivity index (χ1) is 11.8. The van der Waals surface area contributed by atoms with Crippen LogP contribution in [0.15, 0.2) is 32.6 Å². The van der Waals surface area contributed by atoms with Gasteiger partial charge in [-0.2, -0.15) is 16.6 Å². The third-order valence-corrected chi connectivity index (χ3v) is 6.05. The number of rotatable bonds is 0. The van der Waals surface area contributed by atoms with Crippen LogP contribution in [0.1, 0.15) is 23.1 Å². The second-order valence-corrected chi connectivity index (χ2v) is 7.62. The van der Waals surface area contributed by atoms with Gasteiger partial charge in [0, 0.05) is 64.1 Å². The number of hydrogen-bond acceptors (Lipinski definition) is 6. The van der Waals surface area contributed by atoms with E-state index in [0.717, 1.165) is 66.4 Å². The van der Waals surface area contributed by atoms with Crippen LogP contribution in [0.5, 0.6) is 0 Å². The normalized spacial score (nSPS) is 19.9. The fourth-order valence-electron chi connectivity index (χ4n) is 3.30. The molecular weight excluding hydrogens is 336 g/mol. The van der Waals surface area contributed by atoms with Crippen LogP contribution in [0.2, 0.25) is 0 Å². The monoisotopic (exact) mass is 354 g/mol. The maximum atomic E-state index is 9.24. The minimum Gasteiger partial charge on any atom is -0.355 e. The Morgan fingerprint density at radius 3 is 2.71 bits per heavy atom. The van der Waals surface area contributed by atoms with Crippen LogP contribution in [-0.2, 0) is 0 Å². The number of thiophene rings is 2. The van der Waals surface area contributed by atoms with Crippen LogP contribution in [0.25, 0.3) is 5.57 Å². The highest BCUT2D eigenvalue weighted by atomic mass is 32.1. The number of likely N-dealkylation sites (N-methyl/N-ethyl adjacent to an activating group) is 1. The lowest BCUT2D eigenvalue weighted by Crippen LogP contribution is -2.35. The minimum absolute atomic E-state index is 0.982. The lowest BCUT2D eigenvalue weighted by Gasteiger charge is -2.24. The predicted octanol–water partition coefficient (Wildman–Crippen LogP) is 3.79. The summed E-state index contributed by atoms with van der Waals surface area (Å²) in [5.74, 6) is 1.06. The zero-order valence-corrected chi connectivity index (χ0v) is 15.2. The van der Waals surface area contributed by atoms with Gasteiger partial charge in [0.15, 0.2) is 0 Å². The second-order valence-electron chi connectivity index (χ2n) is 6.14. The summed E-state index contributed by atoms with van der Waals surface area (Å²) in [7, 11) is 2.18. The molecule has 1 saturated heterocycles. The third kappa shape index (κ3) is 2.69. The van der Waals surface area contributed by atoms with Crippen LogP contribution in [0, 0.1) is 11.3 Å². The molecule has 4 rings (SSSR count). The number of nitriles is 1. The Hall–Kier alpha value is -1.94. The van der Waals surface area contributed by atoms with Gasteiger partial charge < -0.3 is 9.80 Å². The van der Waals surface area contributed by atoms with Crippen molar-refractivity contribution in [3.8, 4) is 6.07 Å². The summed E-state index contributed by atoms with van der Waals surface area (Å²) in [6.45, 7) is 4.19. The van der Waals surface area contributed by atoms with Gasteiger partial charge in [0.25, 0.3) is 0 Å². The molecule has 0 amide bonds. The Morgan fingerprint density at radius 1 is 1.04 bits per heavy atom. The van der Waals surface area contributed by atoms with E-state index in [9.17, 15) is 5.26 Å². The topological polar surface area (TPSA) is 42.6 Å². The van der Waals surface area contributed by atoms with Gasteiger partial charge in [0.1, 0.15) is 5.84 Å². The zero-order valence-electron chi connectivity index (χ0n) is 13.5. The van der Waals surface area contributed by atoms with E-state index in [0.29, 0.717) is 0 Å². The molecule has 0 atom stereocenters. The molecule has 0 bridgehead atoms. The fourth-order valence-corrected chi connectivity index (χ4v) is 4.88. The molecule has 122 valence electrons. The van der Waals surface area contributed by atoms with Crippen molar-refractivity contribution in [2.24, 2.45) is 4.99 Å².